The number of nitrogens with zero attached hydrogens (tertiary/aromatic N) is 3. The first-order chi connectivity index (χ1) is 16.5. The van der Waals surface area contributed by atoms with Gasteiger partial charge in [-0.25, -0.2) is 17.8 Å². The van der Waals surface area contributed by atoms with Gasteiger partial charge < -0.3 is 4.90 Å². The van der Waals surface area contributed by atoms with Gasteiger partial charge >= 0.3 is 0 Å². The van der Waals surface area contributed by atoms with Crippen LogP contribution in [0.1, 0.15) is 25.7 Å². The van der Waals surface area contributed by atoms with Gasteiger partial charge in [-0.05, 0) is 66.9 Å². The molecule has 0 amide bonds. The van der Waals surface area contributed by atoms with E-state index in [1.54, 1.807) is 12.1 Å². The van der Waals surface area contributed by atoms with E-state index in [0.29, 0.717) is 5.69 Å². The number of pyridine rings is 1. The lowest BCUT2D eigenvalue weighted by Crippen LogP contribution is -2.49. The molecule has 0 radical (unpaired) electrons. The summed E-state index contributed by atoms with van der Waals surface area (Å²) in [5, 5.41) is 0. The molecule has 2 heterocycles. The van der Waals surface area contributed by atoms with Crippen LogP contribution in [0.2, 0.25) is 0 Å². The van der Waals surface area contributed by atoms with Gasteiger partial charge in [0.2, 0.25) is 0 Å². The number of hydrogen-bond donors (Lipinski definition) is 1. The van der Waals surface area contributed by atoms with Gasteiger partial charge in [0.05, 0.1) is 4.90 Å². The molecule has 0 atom stereocenters. The zero-order valence-electron chi connectivity index (χ0n) is 19.0. The fourth-order valence-electron chi connectivity index (χ4n) is 4.89. The molecule has 178 valence electrons. The molecule has 1 saturated carbocycles. The molecule has 5 rings (SSSR count). The van der Waals surface area contributed by atoms with Crippen molar-refractivity contribution in [3.8, 4) is 11.1 Å². The minimum absolute atomic E-state index is 0.0156. The molecule has 2 aromatic carbocycles. The van der Waals surface area contributed by atoms with Gasteiger partial charge in [-0.15, -0.1) is 0 Å². The number of aromatic nitrogens is 1. The summed E-state index contributed by atoms with van der Waals surface area (Å²) in [6.45, 7) is 4.21. The van der Waals surface area contributed by atoms with Crippen molar-refractivity contribution in [2.45, 2.75) is 36.6 Å². The quantitative estimate of drug-likeness (QED) is 0.551. The maximum Gasteiger partial charge on any atom is 0.261 e. The fraction of sp³-hybridized carbons (Fsp3) is 0.346. The lowest BCUT2D eigenvalue weighted by atomic mass is 10.1. The van der Waals surface area contributed by atoms with Crippen LogP contribution in [0.25, 0.3) is 11.1 Å². The highest BCUT2D eigenvalue weighted by Crippen LogP contribution is 2.27. The Morgan fingerprint density at radius 1 is 0.824 bits per heavy atom. The van der Waals surface area contributed by atoms with Gasteiger partial charge in [0, 0.05) is 49.7 Å². The molecule has 0 bridgehead atoms. The summed E-state index contributed by atoms with van der Waals surface area (Å²) in [4.78, 5) is 9.70. The number of anilines is 2. The van der Waals surface area contributed by atoms with Crippen LogP contribution < -0.4 is 9.62 Å². The van der Waals surface area contributed by atoms with E-state index in [0.717, 1.165) is 61.3 Å². The highest BCUT2D eigenvalue weighted by Gasteiger charge is 2.26. The van der Waals surface area contributed by atoms with E-state index in [9.17, 15) is 12.8 Å². The SMILES string of the molecule is O=S(=O)(Nc1ccc(-c2ccc(N3CCN(C4CCCC4)CC3)nc2)cc1)c1ccc(F)cc1. The van der Waals surface area contributed by atoms with Crippen LogP contribution in [-0.2, 0) is 10.0 Å². The third-order valence-electron chi connectivity index (χ3n) is 6.82. The van der Waals surface area contributed by atoms with Crippen molar-refractivity contribution in [2.75, 3.05) is 35.8 Å². The lowest BCUT2D eigenvalue weighted by Gasteiger charge is -2.38. The van der Waals surface area contributed by atoms with Crippen molar-refractivity contribution in [3.63, 3.8) is 0 Å². The van der Waals surface area contributed by atoms with E-state index in [1.165, 1.54) is 37.8 Å². The van der Waals surface area contributed by atoms with Crippen molar-refractivity contribution in [3.05, 3.63) is 72.7 Å². The average Bonchev–Trinajstić information content (AvgIpc) is 3.40. The normalized spacial score (nSPS) is 17.7. The number of benzene rings is 2. The van der Waals surface area contributed by atoms with E-state index in [-0.39, 0.29) is 4.90 Å². The zero-order chi connectivity index (χ0) is 23.5. The summed E-state index contributed by atoms with van der Waals surface area (Å²) >= 11 is 0. The Labute approximate surface area is 200 Å². The van der Waals surface area contributed by atoms with Crippen LogP contribution in [0.5, 0.6) is 0 Å². The lowest BCUT2D eigenvalue weighted by molar-refractivity contribution is 0.187. The van der Waals surface area contributed by atoms with Gasteiger partial charge in [-0.1, -0.05) is 25.0 Å². The maximum absolute atomic E-state index is 13.1. The van der Waals surface area contributed by atoms with E-state index in [1.807, 2.05) is 18.3 Å². The van der Waals surface area contributed by atoms with Crippen LogP contribution in [0.15, 0.2) is 71.8 Å². The molecule has 3 aromatic rings. The third kappa shape index (κ3) is 5.08. The van der Waals surface area contributed by atoms with Crippen molar-refractivity contribution >= 4 is 21.5 Å². The van der Waals surface area contributed by atoms with Crippen LogP contribution >= 0.6 is 0 Å². The van der Waals surface area contributed by atoms with Crippen LogP contribution in [0, 0.1) is 5.82 Å². The van der Waals surface area contributed by atoms with E-state index >= 15 is 0 Å². The first-order valence-electron chi connectivity index (χ1n) is 11.8. The van der Waals surface area contributed by atoms with Crippen molar-refractivity contribution in [2.24, 2.45) is 0 Å². The van der Waals surface area contributed by atoms with E-state index < -0.39 is 15.8 Å². The first kappa shape index (κ1) is 22.8. The molecule has 1 saturated heterocycles. The minimum Gasteiger partial charge on any atom is -0.354 e. The standard InChI is InChI=1S/C26H29FN4O2S/c27-22-8-12-25(13-9-22)34(32,33)29-23-10-5-20(6-11-23)21-7-14-26(28-19-21)31-17-15-30(16-18-31)24-3-1-2-4-24/h5-14,19,24,29H,1-4,15-18H2. The summed E-state index contributed by atoms with van der Waals surface area (Å²) in [7, 11) is -3.77. The van der Waals surface area contributed by atoms with Crippen molar-refractivity contribution in [1.82, 2.24) is 9.88 Å². The summed E-state index contributed by atoms with van der Waals surface area (Å²) in [6, 6.07) is 16.8. The summed E-state index contributed by atoms with van der Waals surface area (Å²) in [5.41, 5.74) is 2.37. The molecule has 1 aromatic heterocycles. The predicted octanol–water partition coefficient (Wildman–Crippen LogP) is 4.75. The summed E-state index contributed by atoms with van der Waals surface area (Å²) in [6.07, 6.45) is 7.30. The predicted molar refractivity (Wildman–Crippen MR) is 133 cm³/mol. The first-order valence-corrected chi connectivity index (χ1v) is 13.3. The topological polar surface area (TPSA) is 65.5 Å². The van der Waals surface area contributed by atoms with Gasteiger partial charge in [0.15, 0.2) is 0 Å². The molecule has 2 aliphatic rings. The zero-order valence-corrected chi connectivity index (χ0v) is 19.8. The van der Waals surface area contributed by atoms with Crippen LogP contribution in [0.4, 0.5) is 15.9 Å². The van der Waals surface area contributed by atoms with Gasteiger partial charge in [0.1, 0.15) is 11.6 Å². The highest BCUT2D eigenvalue weighted by molar-refractivity contribution is 7.92. The number of piperazine rings is 1. The number of nitrogens with one attached hydrogen (secondary N) is 1. The second-order valence-corrected chi connectivity index (χ2v) is 10.7. The molecule has 6 nitrogen and oxygen atoms in total. The maximum atomic E-state index is 13.1. The molecule has 8 heteroatoms. The summed E-state index contributed by atoms with van der Waals surface area (Å²) in [5.74, 6) is 0.521. The Kier molecular flexibility index (Phi) is 6.52. The molecular weight excluding hydrogens is 451 g/mol. The molecule has 1 aliphatic carbocycles. The van der Waals surface area contributed by atoms with Crippen molar-refractivity contribution in [1.29, 1.82) is 0 Å². The smallest absolute Gasteiger partial charge is 0.261 e. The van der Waals surface area contributed by atoms with E-state index in [2.05, 4.69) is 26.7 Å². The molecule has 0 unspecified atom stereocenters. The highest BCUT2D eigenvalue weighted by atomic mass is 32.2. The van der Waals surface area contributed by atoms with Gasteiger partial charge in [0.25, 0.3) is 10.0 Å². The number of halogens is 1. The second-order valence-electron chi connectivity index (χ2n) is 9.00. The molecule has 2 fully saturated rings. The van der Waals surface area contributed by atoms with Crippen molar-refractivity contribution < 1.29 is 12.8 Å². The van der Waals surface area contributed by atoms with Crippen LogP contribution in [-0.4, -0.2) is 50.5 Å². The Morgan fingerprint density at radius 2 is 1.47 bits per heavy atom. The minimum atomic E-state index is -3.77. The molecular formula is C26H29FN4O2S. The molecule has 34 heavy (non-hydrogen) atoms. The monoisotopic (exact) mass is 480 g/mol. The van der Waals surface area contributed by atoms with Gasteiger partial charge in [-0.3, -0.25) is 9.62 Å². The number of rotatable bonds is 6. The number of sulfonamides is 1. The summed E-state index contributed by atoms with van der Waals surface area (Å²) < 4.78 is 40.6. The fourth-order valence-corrected chi connectivity index (χ4v) is 5.95. The Hall–Kier alpha value is -2.97. The molecule has 1 aliphatic heterocycles. The van der Waals surface area contributed by atoms with E-state index in [4.69, 9.17) is 4.98 Å². The largest absolute Gasteiger partial charge is 0.354 e. The molecule has 1 N–H and O–H groups in total. The molecule has 0 spiro atoms. The Balaban J connectivity index is 1.20. The number of hydrogen-bond acceptors (Lipinski definition) is 5. The Bertz CT molecular complexity index is 1200. The van der Waals surface area contributed by atoms with Crippen LogP contribution in [0.3, 0.4) is 0 Å². The van der Waals surface area contributed by atoms with Gasteiger partial charge in [-0.2, -0.15) is 0 Å². The third-order valence-corrected chi connectivity index (χ3v) is 8.22. The Morgan fingerprint density at radius 3 is 2.09 bits per heavy atom. The second kappa shape index (κ2) is 9.72. The average molecular weight is 481 g/mol.